The highest BCUT2D eigenvalue weighted by Crippen LogP contribution is 2.26. The van der Waals surface area contributed by atoms with Crippen molar-refractivity contribution in [2.24, 2.45) is 5.73 Å². The standard InChI is InChI=1S/C17H21FN2O/c1-12(13-6-4-3-5-7-13)17(11-19)20-16-10-14(21-2)8-9-15(16)18/h3-10,12,17,20H,11,19H2,1-2H3. The van der Waals surface area contributed by atoms with Crippen LogP contribution in [0.2, 0.25) is 0 Å². The van der Waals surface area contributed by atoms with Crippen LogP contribution in [0.3, 0.4) is 0 Å². The van der Waals surface area contributed by atoms with E-state index in [9.17, 15) is 4.39 Å². The van der Waals surface area contributed by atoms with E-state index in [0.717, 1.165) is 0 Å². The van der Waals surface area contributed by atoms with E-state index in [0.29, 0.717) is 18.0 Å². The lowest BCUT2D eigenvalue weighted by Crippen LogP contribution is -2.34. The predicted molar refractivity (Wildman–Crippen MR) is 84.3 cm³/mol. The second-order valence-corrected chi connectivity index (χ2v) is 5.03. The molecule has 0 saturated heterocycles. The van der Waals surface area contributed by atoms with Crippen LogP contribution in [0.1, 0.15) is 18.4 Å². The SMILES string of the molecule is COc1ccc(F)c(NC(CN)C(C)c2ccccc2)c1. The van der Waals surface area contributed by atoms with Gasteiger partial charge in [-0.3, -0.25) is 0 Å². The number of anilines is 1. The van der Waals surface area contributed by atoms with E-state index in [1.54, 1.807) is 19.2 Å². The summed E-state index contributed by atoms with van der Waals surface area (Å²) in [4.78, 5) is 0. The van der Waals surface area contributed by atoms with Gasteiger partial charge in [0.05, 0.1) is 12.8 Å². The average molecular weight is 288 g/mol. The number of hydrogen-bond acceptors (Lipinski definition) is 3. The second-order valence-electron chi connectivity index (χ2n) is 5.03. The molecule has 4 heteroatoms. The van der Waals surface area contributed by atoms with E-state index in [1.807, 2.05) is 18.2 Å². The first-order valence-electron chi connectivity index (χ1n) is 7.00. The van der Waals surface area contributed by atoms with Crippen LogP contribution in [0.15, 0.2) is 48.5 Å². The number of hydrogen-bond donors (Lipinski definition) is 2. The fourth-order valence-electron chi connectivity index (χ4n) is 2.32. The van der Waals surface area contributed by atoms with E-state index < -0.39 is 0 Å². The molecule has 3 N–H and O–H groups in total. The molecule has 2 aromatic carbocycles. The molecule has 0 amide bonds. The third-order valence-electron chi connectivity index (χ3n) is 3.70. The fourth-order valence-corrected chi connectivity index (χ4v) is 2.32. The number of nitrogens with one attached hydrogen (secondary N) is 1. The first-order valence-corrected chi connectivity index (χ1v) is 7.00. The number of rotatable bonds is 6. The first-order chi connectivity index (χ1) is 10.2. The van der Waals surface area contributed by atoms with Crippen molar-refractivity contribution in [3.05, 3.63) is 59.9 Å². The van der Waals surface area contributed by atoms with Crippen molar-refractivity contribution < 1.29 is 9.13 Å². The van der Waals surface area contributed by atoms with Gasteiger partial charge in [0, 0.05) is 24.6 Å². The van der Waals surface area contributed by atoms with Gasteiger partial charge in [-0.15, -0.1) is 0 Å². The third-order valence-corrected chi connectivity index (χ3v) is 3.70. The van der Waals surface area contributed by atoms with Crippen molar-refractivity contribution in [3.8, 4) is 5.75 Å². The molecule has 2 unspecified atom stereocenters. The summed E-state index contributed by atoms with van der Waals surface area (Å²) in [5.41, 5.74) is 7.44. The summed E-state index contributed by atoms with van der Waals surface area (Å²) in [7, 11) is 1.56. The Morgan fingerprint density at radius 1 is 1.19 bits per heavy atom. The minimum absolute atomic E-state index is 0.0611. The van der Waals surface area contributed by atoms with Crippen LogP contribution < -0.4 is 15.8 Å². The normalized spacial score (nSPS) is 13.5. The van der Waals surface area contributed by atoms with Gasteiger partial charge in [-0.1, -0.05) is 37.3 Å². The minimum atomic E-state index is -0.311. The van der Waals surface area contributed by atoms with Crippen LogP contribution in [-0.4, -0.2) is 19.7 Å². The molecule has 2 rings (SSSR count). The zero-order valence-corrected chi connectivity index (χ0v) is 12.3. The smallest absolute Gasteiger partial charge is 0.146 e. The van der Waals surface area contributed by atoms with Gasteiger partial charge in [-0.05, 0) is 17.7 Å². The maximum atomic E-state index is 13.9. The van der Waals surface area contributed by atoms with E-state index >= 15 is 0 Å². The molecule has 2 atom stereocenters. The second kappa shape index (κ2) is 7.09. The average Bonchev–Trinajstić information content (AvgIpc) is 2.54. The lowest BCUT2D eigenvalue weighted by Gasteiger charge is -2.25. The van der Waals surface area contributed by atoms with E-state index in [2.05, 4.69) is 24.4 Å². The number of halogens is 1. The molecular formula is C17H21FN2O. The van der Waals surface area contributed by atoms with Crippen molar-refractivity contribution in [1.82, 2.24) is 0 Å². The Morgan fingerprint density at radius 2 is 1.90 bits per heavy atom. The largest absolute Gasteiger partial charge is 0.497 e. The zero-order chi connectivity index (χ0) is 15.2. The maximum absolute atomic E-state index is 13.9. The molecule has 0 fully saturated rings. The maximum Gasteiger partial charge on any atom is 0.146 e. The van der Waals surface area contributed by atoms with Crippen LogP contribution in [0.4, 0.5) is 10.1 Å². The van der Waals surface area contributed by atoms with Crippen molar-refractivity contribution >= 4 is 5.69 Å². The van der Waals surface area contributed by atoms with Crippen molar-refractivity contribution in [3.63, 3.8) is 0 Å². The van der Waals surface area contributed by atoms with Gasteiger partial charge in [-0.25, -0.2) is 4.39 Å². The zero-order valence-electron chi connectivity index (χ0n) is 12.3. The molecule has 21 heavy (non-hydrogen) atoms. The summed E-state index contributed by atoms with van der Waals surface area (Å²) in [6.45, 7) is 2.49. The molecule has 2 aromatic rings. The summed E-state index contributed by atoms with van der Waals surface area (Å²) >= 11 is 0. The van der Waals surface area contributed by atoms with Gasteiger partial charge in [0.15, 0.2) is 0 Å². The molecule has 0 aromatic heterocycles. The van der Waals surface area contributed by atoms with Gasteiger partial charge >= 0.3 is 0 Å². The summed E-state index contributed by atoms with van der Waals surface area (Å²) in [5, 5.41) is 3.19. The molecule has 0 heterocycles. The van der Waals surface area contributed by atoms with E-state index in [4.69, 9.17) is 10.5 Å². The monoisotopic (exact) mass is 288 g/mol. The Balaban J connectivity index is 2.19. The van der Waals surface area contributed by atoms with Crippen LogP contribution >= 0.6 is 0 Å². The summed E-state index contributed by atoms with van der Waals surface area (Å²) in [6, 6.07) is 14.6. The van der Waals surface area contributed by atoms with Crippen molar-refractivity contribution in [1.29, 1.82) is 0 Å². The highest BCUT2D eigenvalue weighted by atomic mass is 19.1. The highest BCUT2D eigenvalue weighted by molar-refractivity contribution is 5.51. The molecular weight excluding hydrogens is 267 g/mol. The molecule has 0 radical (unpaired) electrons. The summed E-state index contributed by atoms with van der Waals surface area (Å²) < 4.78 is 19.0. The first kappa shape index (κ1) is 15.3. The van der Waals surface area contributed by atoms with Crippen LogP contribution in [0.25, 0.3) is 0 Å². The Kier molecular flexibility index (Phi) is 5.17. The quantitative estimate of drug-likeness (QED) is 0.856. The lowest BCUT2D eigenvalue weighted by molar-refractivity contribution is 0.414. The topological polar surface area (TPSA) is 47.3 Å². The van der Waals surface area contributed by atoms with Crippen molar-refractivity contribution in [2.45, 2.75) is 18.9 Å². The molecule has 0 aliphatic rings. The minimum Gasteiger partial charge on any atom is -0.497 e. The van der Waals surface area contributed by atoms with Gasteiger partial charge in [0.25, 0.3) is 0 Å². The molecule has 0 bridgehead atoms. The lowest BCUT2D eigenvalue weighted by atomic mass is 9.93. The van der Waals surface area contributed by atoms with Crippen LogP contribution in [0, 0.1) is 5.82 Å². The Labute approximate surface area is 124 Å². The van der Waals surface area contributed by atoms with Gasteiger partial charge in [0.2, 0.25) is 0 Å². The van der Waals surface area contributed by atoms with Crippen molar-refractivity contribution in [2.75, 3.05) is 19.0 Å². The molecule has 3 nitrogen and oxygen atoms in total. The predicted octanol–water partition coefficient (Wildman–Crippen LogP) is 3.38. The van der Waals surface area contributed by atoms with E-state index in [1.165, 1.54) is 11.6 Å². The molecule has 112 valence electrons. The Bertz CT molecular complexity index is 574. The molecule has 0 aliphatic heterocycles. The third kappa shape index (κ3) is 3.73. The molecule has 0 aliphatic carbocycles. The summed E-state index contributed by atoms with van der Waals surface area (Å²) in [5.74, 6) is 0.471. The van der Waals surface area contributed by atoms with E-state index in [-0.39, 0.29) is 17.8 Å². The summed E-state index contributed by atoms with van der Waals surface area (Å²) in [6.07, 6.45) is 0. The Hall–Kier alpha value is -2.07. The highest BCUT2D eigenvalue weighted by Gasteiger charge is 2.18. The Morgan fingerprint density at radius 3 is 2.52 bits per heavy atom. The molecule has 0 spiro atoms. The fraction of sp³-hybridized carbons (Fsp3) is 0.294. The molecule has 0 saturated carbocycles. The number of benzene rings is 2. The number of methoxy groups -OCH3 is 1. The van der Waals surface area contributed by atoms with Crippen LogP contribution in [-0.2, 0) is 0 Å². The number of nitrogens with two attached hydrogens (primary N) is 1. The van der Waals surface area contributed by atoms with Gasteiger partial charge < -0.3 is 15.8 Å². The van der Waals surface area contributed by atoms with Gasteiger partial charge in [0.1, 0.15) is 11.6 Å². The van der Waals surface area contributed by atoms with Crippen LogP contribution in [0.5, 0.6) is 5.75 Å². The van der Waals surface area contributed by atoms with Gasteiger partial charge in [-0.2, -0.15) is 0 Å². The number of ether oxygens (including phenoxy) is 1.